The van der Waals surface area contributed by atoms with E-state index in [0.717, 1.165) is 41.6 Å². The topological polar surface area (TPSA) is 75.4 Å². The molecule has 1 aliphatic rings. The maximum Gasteiger partial charge on any atom is 0.261 e. The van der Waals surface area contributed by atoms with Gasteiger partial charge in [-0.2, -0.15) is 0 Å². The highest BCUT2D eigenvalue weighted by Crippen LogP contribution is 2.34. The van der Waals surface area contributed by atoms with Gasteiger partial charge in [0.05, 0.1) is 0 Å². The fourth-order valence-electron chi connectivity index (χ4n) is 3.20. The second-order valence-electron chi connectivity index (χ2n) is 6.36. The highest BCUT2D eigenvalue weighted by atomic mass is 33.1. The molecule has 0 atom stereocenters. The number of hydrogen-bond donors (Lipinski definition) is 2. The van der Waals surface area contributed by atoms with Crippen molar-refractivity contribution in [2.75, 3.05) is 36.5 Å². The van der Waals surface area contributed by atoms with Crippen LogP contribution in [0.15, 0.2) is 30.3 Å². The molecule has 0 aromatic heterocycles. The zero-order valence-electron chi connectivity index (χ0n) is 15.5. The summed E-state index contributed by atoms with van der Waals surface area (Å²) >= 11 is 0. The molecule has 0 aliphatic carbocycles. The molecule has 0 radical (unpaired) electrons. The zero-order valence-corrected chi connectivity index (χ0v) is 17.1. The molecule has 3 N–H and O–H groups in total. The van der Waals surface area contributed by atoms with Gasteiger partial charge >= 0.3 is 0 Å². The Kier molecular flexibility index (Phi) is 7.04. The minimum atomic E-state index is -0.201. The summed E-state index contributed by atoms with van der Waals surface area (Å²) in [5.74, 6) is 1.16. The fraction of sp³-hybridized carbons (Fsp3) is 0.400. The third-order valence-corrected chi connectivity index (χ3v) is 6.94. The van der Waals surface area contributed by atoms with Gasteiger partial charge in [-0.3, -0.25) is 14.5 Å². The van der Waals surface area contributed by atoms with E-state index in [2.05, 4.69) is 12.2 Å². The predicted molar refractivity (Wildman–Crippen MR) is 117 cm³/mol. The average Bonchev–Trinajstić information content (AvgIpc) is 2.69. The van der Waals surface area contributed by atoms with E-state index in [-0.39, 0.29) is 11.8 Å². The van der Waals surface area contributed by atoms with Crippen LogP contribution in [0.25, 0.3) is 10.8 Å². The van der Waals surface area contributed by atoms with Gasteiger partial charge in [0.2, 0.25) is 0 Å². The second-order valence-corrected chi connectivity index (χ2v) is 9.07. The van der Waals surface area contributed by atoms with Crippen LogP contribution in [0.5, 0.6) is 0 Å². The van der Waals surface area contributed by atoms with E-state index >= 15 is 0 Å². The smallest absolute Gasteiger partial charge is 0.261 e. The first kappa shape index (κ1) is 20.0. The first-order valence-corrected chi connectivity index (χ1v) is 11.8. The first-order chi connectivity index (χ1) is 13.2. The molecule has 3 rings (SSSR count). The van der Waals surface area contributed by atoms with Gasteiger partial charge in [-0.15, -0.1) is 0 Å². The molecule has 1 heterocycles. The van der Waals surface area contributed by atoms with Gasteiger partial charge in [-0.05, 0) is 24.6 Å². The highest BCUT2D eigenvalue weighted by Gasteiger charge is 2.32. The van der Waals surface area contributed by atoms with Crippen LogP contribution in [0.2, 0.25) is 0 Å². The Bertz CT molecular complexity index is 819. The Hall–Kier alpha value is -1.70. The number of carbonyl (C=O) groups excluding carboxylic acids is 2. The number of nitrogens with one attached hydrogen (secondary N) is 1. The van der Waals surface area contributed by atoms with E-state index in [1.807, 2.05) is 30.3 Å². The number of nitrogens with zero attached hydrogens (tertiary/aromatic N) is 1. The summed E-state index contributed by atoms with van der Waals surface area (Å²) in [7, 11) is 3.31. The van der Waals surface area contributed by atoms with Crippen LogP contribution in [0.4, 0.5) is 5.69 Å². The Labute approximate surface area is 167 Å². The Morgan fingerprint density at radius 1 is 1.04 bits per heavy atom. The quantitative estimate of drug-likeness (QED) is 0.355. The minimum Gasteiger partial charge on any atom is -0.385 e. The van der Waals surface area contributed by atoms with Crippen molar-refractivity contribution in [3.8, 4) is 0 Å². The van der Waals surface area contributed by atoms with Crippen molar-refractivity contribution in [2.45, 2.75) is 19.8 Å². The lowest BCUT2D eigenvalue weighted by atomic mass is 9.93. The molecule has 1 aliphatic heterocycles. The molecular formula is C20H25N3O2S2. The summed E-state index contributed by atoms with van der Waals surface area (Å²) in [6, 6.07) is 9.49. The third kappa shape index (κ3) is 4.25. The lowest BCUT2D eigenvalue weighted by molar-refractivity contribution is 0.0621. The van der Waals surface area contributed by atoms with Crippen LogP contribution in [-0.2, 0) is 0 Å². The van der Waals surface area contributed by atoms with E-state index < -0.39 is 0 Å². The van der Waals surface area contributed by atoms with Gasteiger partial charge in [0.25, 0.3) is 11.8 Å². The number of anilines is 1. The number of imide groups is 1. The standard InChI is InChI=1S/C20H25N3O2S2/c1-2-3-10-22-17-8-7-16-18-14(17)5-4-6-15(18)19(24)23(20(16)25)11-13-27-26-12-9-21/h4-8,22H,2-3,9-13,21H2,1H3. The van der Waals surface area contributed by atoms with Crippen molar-refractivity contribution in [2.24, 2.45) is 5.73 Å². The normalized spacial score (nSPS) is 13.5. The molecule has 0 fully saturated rings. The summed E-state index contributed by atoms with van der Waals surface area (Å²) in [5, 5.41) is 5.15. The molecule has 2 aromatic rings. The van der Waals surface area contributed by atoms with E-state index in [9.17, 15) is 9.59 Å². The monoisotopic (exact) mass is 403 g/mol. The zero-order chi connectivity index (χ0) is 19.2. The van der Waals surface area contributed by atoms with E-state index in [1.165, 1.54) is 4.90 Å². The van der Waals surface area contributed by atoms with Crippen molar-refractivity contribution in [1.29, 1.82) is 0 Å². The number of nitrogens with two attached hydrogens (primary N) is 1. The summed E-state index contributed by atoms with van der Waals surface area (Å²) in [6.45, 7) is 4.06. The molecule has 0 saturated carbocycles. The molecule has 2 amide bonds. The van der Waals surface area contributed by atoms with Crippen LogP contribution < -0.4 is 11.1 Å². The Morgan fingerprint density at radius 2 is 1.78 bits per heavy atom. The summed E-state index contributed by atoms with van der Waals surface area (Å²) in [6.07, 6.45) is 2.19. The minimum absolute atomic E-state index is 0.201. The van der Waals surface area contributed by atoms with Crippen molar-refractivity contribution >= 4 is 49.9 Å². The number of hydrogen-bond acceptors (Lipinski definition) is 6. The van der Waals surface area contributed by atoms with Crippen LogP contribution in [0.1, 0.15) is 40.5 Å². The summed E-state index contributed by atoms with van der Waals surface area (Å²) < 4.78 is 0. The molecule has 2 aromatic carbocycles. The average molecular weight is 404 g/mol. The van der Waals surface area contributed by atoms with Crippen molar-refractivity contribution < 1.29 is 9.59 Å². The molecule has 0 unspecified atom stereocenters. The number of unbranched alkanes of at least 4 members (excludes halogenated alkanes) is 1. The number of benzene rings is 2. The van der Waals surface area contributed by atoms with Gasteiger partial charge in [-0.1, -0.05) is 47.1 Å². The molecule has 5 nitrogen and oxygen atoms in total. The molecule has 27 heavy (non-hydrogen) atoms. The predicted octanol–water partition coefficient (Wildman–Crippen LogP) is 3.99. The molecule has 7 heteroatoms. The Balaban J connectivity index is 1.86. The molecular weight excluding hydrogens is 378 g/mol. The maximum absolute atomic E-state index is 13.0. The first-order valence-electron chi connectivity index (χ1n) is 9.29. The van der Waals surface area contributed by atoms with Gasteiger partial charge < -0.3 is 11.1 Å². The third-order valence-electron chi connectivity index (χ3n) is 4.52. The van der Waals surface area contributed by atoms with Gasteiger partial charge in [0.15, 0.2) is 0 Å². The molecule has 0 saturated heterocycles. The largest absolute Gasteiger partial charge is 0.385 e. The lowest BCUT2D eigenvalue weighted by Gasteiger charge is -2.27. The SMILES string of the molecule is CCCCNc1ccc2c3c(cccc13)C(=O)N(CCSSCCN)C2=O. The van der Waals surface area contributed by atoms with Crippen molar-refractivity contribution in [1.82, 2.24) is 4.90 Å². The van der Waals surface area contributed by atoms with Gasteiger partial charge in [-0.25, -0.2) is 0 Å². The second kappa shape index (κ2) is 9.48. The van der Waals surface area contributed by atoms with Crippen LogP contribution >= 0.6 is 21.6 Å². The fourth-order valence-corrected chi connectivity index (χ4v) is 5.01. The molecule has 144 valence electrons. The van der Waals surface area contributed by atoms with Crippen LogP contribution in [0.3, 0.4) is 0 Å². The highest BCUT2D eigenvalue weighted by molar-refractivity contribution is 8.76. The molecule has 0 spiro atoms. The Morgan fingerprint density at radius 3 is 2.52 bits per heavy atom. The van der Waals surface area contributed by atoms with Crippen LogP contribution in [0, 0.1) is 0 Å². The van der Waals surface area contributed by atoms with Crippen LogP contribution in [-0.4, -0.2) is 47.9 Å². The lowest BCUT2D eigenvalue weighted by Crippen LogP contribution is -2.41. The van der Waals surface area contributed by atoms with Crippen molar-refractivity contribution in [3.63, 3.8) is 0 Å². The maximum atomic E-state index is 13.0. The van der Waals surface area contributed by atoms with Crippen molar-refractivity contribution in [3.05, 3.63) is 41.5 Å². The molecule has 0 bridgehead atoms. The summed E-state index contributed by atoms with van der Waals surface area (Å²) in [4.78, 5) is 27.3. The number of carbonyl (C=O) groups is 2. The van der Waals surface area contributed by atoms with E-state index in [1.54, 1.807) is 21.6 Å². The van der Waals surface area contributed by atoms with E-state index in [4.69, 9.17) is 5.73 Å². The van der Waals surface area contributed by atoms with Gasteiger partial charge in [0, 0.05) is 58.7 Å². The number of amides is 2. The number of rotatable bonds is 10. The van der Waals surface area contributed by atoms with E-state index in [0.29, 0.717) is 30.0 Å². The summed E-state index contributed by atoms with van der Waals surface area (Å²) in [5.41, 5.74) is 7.69. The van der Waals surface area contributed by atoms with Gasteiger partial charge in [0.1, 0.15) is 0 Å².